The maximum absolute atomic E-state index is 11.8. The number of hydrogen-bond donors (Lipinski definition) is 3. The predicted molar refractivity (Wildman–Crippen MR) is 75.4 cm³/mol. The Morgan fingerprint density at radius 3 is 2.63 bits per heavy atom. The summed E-state index contributed by atoms with van der Waals surface area (Å²) in [6.07, 6.45) is 4.12. The molecule has 1 rings (SSSR count). The van der Waals surface area contributed by atoms with Gasteiger partial charge in [-0.25, -0.2) is 0 Å². The molecule has 0 bridgehead atoms. The van der Waals surface area contributed by atoms with E-state index in [1.165, 1.54) is 0 Å². The summed E-state index contributed by atoms with van der Waals surface area (Å²) in [5, 5.41) is 5.79. The molecular formula is C14H27N3O2. The molecule has 2 atom stereocenters. The Bertz CT molecular complexity index is 305. The highest BCUT2D eigenvalue weighted by atomic mass is 16.2. The lowest BCUT2D eigenvalue weighted by Gasteiger charge is -2.19. The van der Waals surface area contributed by atoms with E-state index in [1.54, 1.807) is 0 Å². The normalized spacial score (nSPS) is 22.5. The third-order valence-corrected chi connectivity index (χ3v) is 3.58. The molecule has 4 N–H and O–H groups in total. The van der Waals surface area contributed by atoms with Gasteiger partial charge in [0.1, 0.15) is 0 Å². The van der Waals surface area contributed by atoms with Gasteiger partial charge in [-0.05, 0) is 31.2 Å². The second kappa shape index (κ2) is 8.15. The predicted octanol–water partition coefficient (Wildman–Crippen LogP) is 0.782. The second-order valence-corrected chi connectivity index (χ2v) is 5.80. The van der Waals surface area contributed by atoms with Gasteiger partial charge in [0.25, 0.3) is 0 Å². The van der Waals surface area contributed by atoms with Gasteiger partial charge < -0.3 is 16.4 Å². The molecular weight excluding hydrogens is 242 g/mol. The Labute approximate surface area is 115 Å². The van der Waals surface area contributed by atoms with Crippen LogP contribution >= 0.6 is 0 Å². The third-order valence-electron chi connectivity index (χ3n) is 3.58. The molecule has 19 heavy (non-hydrogen) atoms. The number of carbonyl (C=O) groups excluding carboxylic acids is 2. The van der Waals surface area contributed by atoms with Gasteiger partial charge in [0, 0.05) is 25.4 Å². The van der Waals surface area contributed by atoms with Gasteiger partial charge in [-0.2, -0.15) is 0 Å². The summed E-state index contributed by atoms with van der Waals surface area (Å²) in [5.41, 5.74) is 5.68. The molecule has 0 aromatic rings. The SMILES string of the molecule is CC(C)CC(=O)NCCC(=O)NC1CCCC1CN. The largest absolute Gasteiger partial charge is 0.356 e. The highest BCUT2D eigenvalue weighted by Gasteiger charge is 2.26. The average Bonchev–Trinajstić information content (AvgIpc) is 2.75. The molecule has 0 aliphatic heterocycles. The van der Waals surface area contributed by atoms with E-state index in [0.717, 1.165) is 19.3 Å². The monoisotopic (exact) mass is 269 g/mol. The van der Waals surface area contributed by atoms with Crippen molar-refractivity contribution in [1.29, 1.82) is 0 Å². The van der Waals surface area contributed by atoms with Crippen molar-refractivity contribution in [2.45, 2.75) is 52.0 Å². The molecule has 1 aliphatic rings. The summed E-state index contributed by atoms with van der Waals surface area (Å²) >= 11 is 0. The molecule has 0 aromatic heterocycles. The lowest BCUT2D eigenvalue weighted by molar-refractivity contribution is -0.123. The fraction of sp³-hybridized carbons (Fsp3) is 0.857. The van der Waals surface area contributed by atoms with Crippen LogP contribution in [0.15, 0.2) is 0 Å². The van der Waals surface area contributed by atoms with Gasteiger partial charge in [0.15, 0.2) is 0 Å². The van der Waals surface area contributed by atoms with Crippen molar-refractivity contribution in [3.8, 4) is 0 Å². The van der Waals surface area contributed by atoms with Crippen LogP contribution in [0.2, 0.25) is 0 Å². The highest BCUT2D eigenvalue weighted by molar-refractivity contribution is 5.79. The molecule has 0 aromatic carbocycles. The summed E-state index contributed by atoms with van der Waals surface area (Å²) < 4.78 is 0. The van der Waals surface area contributed by atoms with E-state index in [9.17, 15) is 9.59 Å². The minimum absolute atomic E-state index is 0.00944. The Kier molecular flexibility index (Phi) is 6.84. The molecule has 0 spiro atoms. The summed E-state index contributed by atoms with van der Waals surface area (Å²) in [4.78, 5) is 23.2. The van der Waals surface area contributed by atoms with E-state index in [2.05, 4.69) is 10.6 Å². The summed E-state index contributed by atoms with van der Waals surface area (Å²) in [7, 11) is 0. The van der Waals surface area contributed by atoms with Crippen molar-refractivity contribution in [2.75, 3.05) is 13.1 Å². The fourth-order valence-electron chi connectivity index (χ4n) is 2.55. The average molecular weight is 269 g/mol. The molecule has 1 fully saturated rings. The molecule has 5 nitrogen and oxygen atoms in total. The van der Waals surface area contributed by atoms with Crippen molar-refractivity contribution in [3.63, 3.8) is 0 Å². The van der Waals surface area contributed by atoms with Crippen LogP contribution in [-0.4, -0.2) is 30.9 Å². The zero-order chi connectivity index (χ0) is 14.3. The molecule has 1 saturated carbocycles. The lowest BCUT2D eigenvalue weighted by atomic mass is 10.0. The number of nitrogens with one attached hydrogen (secondary N) is 2. The summed E-state index contributed by atoms with van der Waals surface area (Å²) in [6, 6.07) is 0.226. The van der Waals surface area contributed by atoms with E-state index in [1.807, 2.05) is 13.8 Å². The van der Waals surface area contributed by atoms with Crippen molar-refractivity contribution in [1.82, 2.24) is 10.6 Å². The van der Waals surface area contributed by atoms with Crippen LogP contribution in [0.5, 0.6) is 0 Å². The van der Waals surface area contributed by atoms with Gasteiger partial charge in [-0.3, -0.25) is 9.59 Å². The Morgan fingerprint density at radius 2 is 2.00 bits per heavy atom. The molecule has 2 unspecified atom stereocenters. The van der Waals surface area contributed by atoms with Gasteiger partial charge in [-0.1, -0.05) is 20.3 Å². The number of hydrogen-bond acceptors (Lipinski definition) is 3. The van der Waals surface area contributed by atoms with Crippen molar-refractivity contribution < 1.29 is 9.59 Å². The highest BCUT2D eigenvalue weighted by Crippen LogP contribution is 2.24. The smallest absolute Gasteiger partial charge is 0.221 e. The van der Waals surface area contributed by atoms with Crippen molar-refractivity contribution in [2.24, 2.45) is 17.6 Å². The van der Waals surface area contributed by atoms with Crippen LogP contribution in [0.25, 0.3) is 0 Å². The first-order valence-electron chi connectivity index (χ1n) is 7.29. The second-order valence-electron chi connectivity index (χ2n) is 5.80. The molecule has 0 radical (unpaired) electrons. The molecule has 110 valence electrons. The Balaban J connectivity index is 2.16. The first kappa shape index (κ1) is 16.0. The van der Waals surface area contributed by atoms with Crippen LogP contribution < -0.4 is 16.4 Å². The van der Waals surface area contributed by atoms with E-state index in [-0.39, 0.29) is 17.9 Å². The van der Waals surface area contributed by atoms with Crippen LogP contribution in [0.4, 0.5) is 0 Å². The summed E-state index contributed by atoms with van der Waals surface area (Å²) in [6.45, 7) is 5.05. The standard InChI is InChI=1S/C14H27N3O2/c1-10(2)8-14(19)16-7-6-13(18)17-12-5-3-4-11(12)9-15/h10-12H,3-9,15H2,1-2H3,(H,16,19)(H,17,18). The zero-order valence-electron chi connectivity index (χ0n) is 12.1. The van der Waals surface area contributed by atoms with E-state index in [0.29, 0.717) is 37.8 Å². The molecule has 1 aliphatic carbocycles. The zero-order valence-corrected chi connectivity index (χ0v) is 12.1. The summed E-state index contributed by atoms with van der Waals surface area (Å²) in [5.74, 6) is 0.788. The lowest BCUT2D eigenvalue weighted by Crippen LogP contribution is -2.41. The molecule has 5 heteroatoms. The maximum Gasteiger partial charge on any atom is 0.221 e. The molecule has 2 amide bonds. The minimum atomic E-state index is 0.00944. The topological polar surface area (TPSA) is 84.2 Å². The molecule has 0 heterocycles. The van der Waals surface area contributed by atoms with Crippen LogP contribution in [0.1, 0.15) is 46.0 Å². The fourth-order valence-corrected chi connectivity index (χ4v) is 2.55. The minimum Gasteiger partial charge on any atom is -0.356 e. The number of nitrogens with two attached hydrogens (primary N) is 1. The van der Waals surface area contributed by atoms with Gasteiger partial charge in [0.05, 0.1) is 0 Å². The van der Waals surface area contributed by atoms with Crippen LogP contribution in [0.3, 0.4) is 0 Å². The number of carbonyl (C=O) groups is 2. The first-order valence-corrected chi connectivity index (χ1v) is 7.29. The third kappa shape index (κ3) is 6.05. The quantitative estimate of drug-likeness (QED) is 0.638. The van der Waals surface area contributed by atoms with Crippen LogP contribution in [0, 0.1) is 11.8 Å². The Morgan fingerprint density at radius 1 is 1.26 bits per heavy atom. The van der Waals surface area contributed by atoms with Crippen molar-refractivity contribution in [3.05, 3.63) is 0 Å². The van der Waals surface area contributed by atoms with E-state index >= 15 is 0 Å². The van der Waals surface area contributed by atoms with Gasteiger partial charge >= 0.3 is 0 Å². The van der Waals surface area contributed by atoms with Crippen LogP contribution in [-0.2, 0) is 9.59 Å². The van der Waals surface area contributed by atoms with Crippen molar-refractivity contribution >= 4 is 11.8 Å². The Hall–Kier alpha value is -1.10. The van der Waals surface area contributed by atoms with E-state index < -0.39 is 0 Å². The van der Waals surface area contributed by atoms with E-state index in [4.69, 9.17) is 5.73 Å². The molecule has 0 saturated heterocycles. The van der Waals surface area contributed by atoms with Gasteiger partial charge in [0.2, 0.25) is 11.8 Å². The number of rotatable bonds is 7. The first-order chi connectivity index (χ1) is 9.02. The maximum atomic E-state index is 11.8. The number of amides is 2. The van der Waals surface area contributed by atoms with Gasteiger partial charge in [-0.15, -0.1) is 0 Å².